The minimum absolute atomic E-state index is 0.0219. The van der Waals surface area contributed by atoms with Crippen molar-refractivity contribution in [3.05, 3.63) is 137 Å². The molecule has 2 heterocycles. The van der Waals surface area contributed by atoms with Gasteiger partial charge in [0.25, 0.3) is 0 Å². The van der Waals surface area contributed by atoms with Crippen LogP contribution in [-0.2, 0) is 45.6 Å². The molecule has 1 saturated heterocycles. The molecule has 0 aliphatic carbocycles. The van der Waals surface area contributed by atoms with E-state index in [1.807, 2.05) is 109 Å². The van der Waals surface area contributed by atoms with Crippen LogP contribution >= 0.6 is 11.8 Å². The molecule has 0 bridgehead atoms. The SMILES string of the molecule is COC(=O)[C@H](Cc1ccccc1)NC(=O)NCc1cccc(-c2cccc([C@@H]3O[C@H](CSc4nncn4C)[C@H](C)[C@H](c4ccc(CO)cc4)O3)c2)c1. The maximum absolute atomic E-state index is 12.9. The van der Waals surface area contributed by atoms with Crippen LogP contribution in [0.3, 0.4) is 0 Å². The number of carbonyl (C=O) groups is 2. The van der Waals surface area contributed by atoms with Crippen molar-refractivity contribution in [3.63, 3.8) is 0 Å². The van der Waals surface area contributed by atoms with E-state index in [1.54, 1.807) is 18.1 Å². The number of nitrogens with one attached hydrogen (secondary N) is 2. The van der Waals surface area contributed by atoms with E-state index >= 15 is 0 Å². The summed E-state index contributed by atoms with van der Waals surface area (Å²) in [5, 5.41) is 24.3. The molecule has 0 spiro atoms. The minimum atomic E-state index is -0.821. The molecule has 6 rings (SSSR count). The summed E-state index contributed by atoms with van der Waals surface area (Å²) in [5.74, 6) is 0.179. The first-order valence-corrected chi connectivity index (χ1v) is 18.1. The van der Waals surface area contributed by atoms with Crippen LogP contribution < -0.4 is 10.6 Å². The summed E-state index contributed by atoms with van der Waals surface area (Å²) in [6.45, 7) is 2.37. The number of hydrogen-bond donors (Lipinski definition) is 3. The van der Waals surface area contributed by atoms with E-state index < -0.39 is 24.3 Å². The number of thioether (sulfide) groups is 1. The number of rotatable bonds is 13. The van der Waals surface area contributed by atoms with Crippen molar-refractivity contribution in [2.45, 2.75) is 56.2 Å². The molecular weight excluding hydrogens is 679 g/mol. The van der Waals surface area contributed by atoms with Crippen LogP contribution in [0.25, 0.3) is 11.1 Å². The number of aliphatic hydroxyl groups excluding tert-OH is 1. The zero-order chi connectivity index (χ0) is 36.5. The van der Waals surface area contributed by atoms with Crippen molar-refractivity contribution in [2.24, 2.45) is 13.0 Å². The first-order chi connectivity index (χ1) is 25.3. The Balaban J connectivity index is 1.16. The first-order valence-electron chi connectivity index (χ1n) is 17.1. The molecule has 1 aliphatic rings. The van der Waals surface area contributed by atoms with Crippen LogP contribution in [0.5, 0.6) is 0 Å². The van der Waals surface area contributed by atoms with Crippen LogP contribution in [-0.4, -0.2) is 56.9 Å². The summed E-state index contributed by atoms with van der Waals surface area (Å²) < 4.78 is 20.2. The normalized spacial score (nSPS) is 19.1. The van der Waals surface area contributed by atoms with Gasteiger partial charge in [-0.05, 0) is 45.5 Å². The van der Waals surface area contributed by atoms with Crippen molar-refractivity contribution >= 4 is 23.8 Å². The highest BCUT2D eigenvalue weighted by atomic mass is 32.2. The summed E-state index contributed by atoms with van der Waals surface area (Å²) in [5.41, 5.74) is 6.48. The highest BCUT2D eigenvalue weighted by Gasteiger charge is 2.38. The molecular formula is C40H43N5O6S. The van der Waals surface area contributed by atoms with Gasteiger partial charge in [0.15, 0.2) is 11.4 Å². The smallest absolute Gasteiger partial charge is 0.328 e. The highest BCUT2D eigenvalue weighted by molar-refractivity contribution is 7.99. The molecule has 1 aliphatic heterocycles. The van der Waals surface area contributed by atoms with Crippen molar-refractivity contribution < 1.29 is 28.9 Å². The number of nitrogens with zero attached hydrogens (tertiary/aromatic N) is 3. The molecule has 5 atom stereocenters. The molecule has 5 aromatic rings. The average molecular weight is 722 g/mol. The second-order valence-corrected chi connectivity index (χ2v) is 13.8. The van der Waals surface area contributed by atoms with Crippen molar-refractivity contribution in [2.75, 3.05) is 12.9 Å². The minimum Gasteiger partial charge on any atom is -0.467 e. The lowest BCUT2D eigenvalue weighted by atomic mass is 9.91. The van der Waals surface area contributed by atoms with Gasteiger partial charge in [0.05, 0.1) is 25.9 Å². The molecule has 0 saturated carbocycles. The Morgan fingerprint density at radius 1 is 0.904 bits per heavy atom. The molecule has 3 N–H and O–H groups in total. The third-order valence-corrected chi connectivity index (χ3v) is 10.2. The number of carbonyl (C=O) groups excluding carboxylic acids is 2. The molecule has 4 aromatic carbocycles. The van der Waals surface area contributed by atoms with Gasteiger partial charge in [-0.2, -0.15) is 0 Å². The summed E-state index contributed by atoms with van der Waals surface area (Å²) in [7, 11) is 3.23. The van der Waals surface area contributed by atoms with Gasteiger partial charge in [0, 0.05) is 37.2 Å². The summed E-state index contributed by atoms with van der Waals surface area (Å²) in [6, 6.07) is 32.1. The standard InChI is InChI=1S/C40H43N5O6S/c1-26-35(24-52-40-44-42-25-45(40)2)50-38(51-36(26)30-17-15-28(23-46)16-18-30)33-14-8-13-32(21-33)31-12-7-11-29(19-31)22-41-39(48)43-34(37(47)49-3)20-27-9-5-4-6-10-27/h4-19,21,25-26,34-36,38,46H,20,22-24H2,1-3H3,(H2,41,43,48)/t26-,34-,35+,36+,38+/m0/s1. The summed E-state index contributed by atoms with van der Waals surface area (Å²) in [4.78, 5) is 25.3. The molecule has 2 amide bonds. The van der Waals surface area contributed by atoms with E-state index in [0.717, 1.165) is 44.1 Å². The molecule has 270 valence electrons. The number of hydrogen-bond acceptors (Lipinski definition) is 9. The fraction of sp³-hybridized carbons (Fsp3) is 0.300. The average Bonchev–Trinajstić information content (AvgIpc) is 3.60. The lowest BCUT2D eigenvalue weighted by Crippen LogP contribution is -2.47. The van der Waals surface area contributed by atoms with Crippen molar-refractivity contribution in [3.8, 4) is 11.1 Å². The van der Waals surface area contributed by atoms with Crippen LogP contribution in [0.1, 0.15) is 47.1 Å². The van der Waals surface area contributed by atoms with Crippen LogP contribution in [0.4, 0.5) is 4.79 Å². The zero-order valence-corrected chi connectivity index (χ0v) is 30.2. The molecule has 11 nitrogen and oxygen atoms in total. The Bertz CT molecular complexity index is 1940. The predicted octanol–water partition coefficient (Wildman–Crippen LogP) is 6.14. The lowest BCUT2D eigenvalue weighted by Gasteiger charge is -2.41. The van der Waals surface area contributed by atoms with Crippen molar-refractivity contribution in [1.29, 1.82) is 0 Å². The maximum atomic E-state index is 12.9. The lowest BCUT2D eigenvalue weighted by molar-refractivity contribution is -0.268. The molecule has 1 aromatic heterocycles. The number of esters is 1. The largest absolute Gasteiger partial charge is 0.467 e. The number of benzene rings is 4. The van der Waals surface area contributed by atoms with Gasteiger partial charge in [-0.3, -0.25) is 0 Å². The quantitative estimate of drug-likeness (QED) is 0.0968. The molecule has 0 unspecified atom stereocenters. The van der Waals surface area contributed by atoms with E-state index in [2.05, 4.69) is 33.8 Å². The zero-order valence-electron chi connectivity index (χ0n) is 29.3. The van der Waals surface area contributed by atoms with E-state index in [-0.39, 0.29) is 31.3 Å². The highest BCUT2D eigenvalue weighted by Crippen LogP contribution is 2.43. The van der Waals surface area contributed by atoms with Crippen molar-refractivity contribution in [1.82, 2.24) is 25.4 Å². The number of aromatic nitrogens is 3. The second-order valence-electron chi connectivity index (χ2n) is 12.8. The fourth-order valence-corrected chi connectivity index (χ4v) is 7.22. The van der Waals surface area contributed by atoms with Crippen LogP contribution in [0.2, 0.25) is 0 Å². The molecule has 52 heavy (non-hydrogen) atoms. The number of methoxy groups -OCH3 is 1. The summed E-state index contributed by atoms with van der Waals surface area (Å²) in [6.07, 6.45) is 0.976. The topological polar surface area (TPSA) is 137 Å². The third kappa shape index (κ3) is 9.25. The van der Waals surface area contributed by atoms with Gasteiger partial charge < -0.3 is 34.5 Å². The fourth-order valence-electron chi connectivity index (χ4n) is 6.17. The first kappa shape index (κ1) is 36.8. The number of aliphatic hydroxyl groups is 1. The number of amides is 2. The number of aryl methyl sites for hydroxylation is 1. The Morgan fingerprint density at radius 3 is 2.35 bits per heavy atom. The predicted molar refractivity (Wildman–Crippen MR) is 198 cm³/mol. The van der Waals surface area contributed by atoms with Gasteiger partial charge >= 0.3 is 12.0 Å². The van der Waals surface area contributed by atoms with Gasteiger partial charge in [-0.25, -0.2) is 9.59 Å². The van der Waals surface area contributed by atoms with Gasteiger partial charge in [0.1, 0.15) is 12.4 Å². The Morgan fingerprint density at radius 2 is 1.63 bits per heavy atom. The monoisotopic (exact) mass is 721 g/mol. The Hall–Kier alpha value is -5.01. The molecule has 0 radical (unpaired) electrons. The second kappa shape index (κ2) is 17.5. The number of urea groups is 1. The van der Waals surface area contributed by atoms with E-state index in [0.29, 0.717) is 12.2 Å². The van der Waals surface area contributed by atoms with Gasteiger partial charge in [0.2, 0.25) is 0 Å². The number of ether oxygens (including phenoxy) is 3. The van der Waals surface area contributed by atoms with Crippen LogP contribution in [0.15, 0.2) is 115 Å². The Labute approximate surface area is 307 Å². The van der Waals surface area contributed by atoms with E-state index in [9.17, 15) is 14.7 Å². The molecule has 12 heteroatoms. The molecule has 1 fully saturated rings. The summed E-state index contributed by atoms with van der Waals surface area (Å²) >= 11 is 1.60. The maximum Gasteiger partial charge on any atom is 0.328 e. The van der Waals surface area contributed by atoms with Gasteiger partial charge in [-0.1, -0.05) is 110 Å². The Kier molecular flexibility index (Phi) is 12.4. The van der Waals surface area contributed by atoms with E-state index in [4.69, 9.17) is 14.2 Å². The van der Waals surface area contributed by atoms with Crippen LogP contribution in [0, 0.1) is 5.92 Å². The van der Waals surface area contributed by atoms with E-state index in [1.165, 1.54) is 7.11 Å². The third-order valence-electron chi connectivity index (χ3n) is 9.12. The van der Waals surface area contributed by atoms with Gasteiger partial charge in [-0.15, -0.1) is 10.2 Å².